The molecule has 14 nitrogen and oxygen atoms in total. The third-order valence-electron chi connectivity index (χ3n) is 14.0. The summed E-state index contributed by atoms with van der Waals surface area (Å²) in [6, 6.07) is 12.4. The highest BCUT2D eigenvalue weighted by Crippen LogP contribution is 2.62. The van der Waals surface area contributed by atoms with Crippen LogP contribution in [0.25, 0.3) is 10.8 Å². The zero-order chi connectivity index (χ0) is 43.2. The van der Waals surface area contributed by atoms with Gasteiger partial charge in [0.1, 0.15) is 30.6 Å². The van der Waals surface area contributed by atoms with Crippen molar-refractivity contribution in [3.8, 4) is 0 Å². The summed E-state index contributed by atoms with van der Waals surface area (Å²) in [4.78, 5) is 44.1. The molecule has 1 aromatic heterocycles. The number of carboxylic acids is 1. The van der Waals surface area contributed by atoms with E-state index in [9.17, 15) is 39.9 Å². The standard InChI is InChI=1S/C47H62N6O8/c48-31(10-6-27(24-56)3-2-17-54)11-8-28-9-12-33-32-13-14-34(44(33)43(28)36-21-30-19-26(15-18-55)5-7-29(30)20-35(32)36)45(53-41-4-1-16-50-41)37(22-42(59)60)38-23-39(52-47(49)51-38)46(61)40(58)25-57/h1,4-5,7,9,12,16,18-22,24,27-28,31-34,38-40,43-46,50,53-54,57-58,61H,2-3,6,8,10-11,13-15,17,23,25,48H2,(H,59,60)(H3,49,51,52). The predicted molar refractivity (Wildman–Crippen MR) is 234 cm³/mol. The third-order valence-corrected chi connectivity index (χ3v) is 14.0. The number of nitrogens with one attached hydrogen (secondary N) is 3. The average molecular weight is 839 g/mol. The Bertz CT molecular complexity index is 2090. The van der Waals surface area contributed by atoms with Gasteiger partial charge in [-0.2, -0.15) is 0 Å². The number of aromatic nitrogens is 1. The van der Waals surface area contributed by atoms with Gasteiger partial charge in [0.2, 0.25) is 0 Å². The Morgan fingerprint density at radius 3 is 2.54 bits per heavy atom. The lowest BCUT2D eigenvalue weighted by atomic mass is 9.48. The number of H-pyrrole nitrogens is 1. The van der Waals surface area contributed by atoms with Crippen LogP contribution < -0.4 is 22.1 Å². The highest BCUT2D eigenvalue weighted by atomic mass is 16.4. The lowest BCUT2D eigenvalue weighted by Crippen LogP contribution is -2.57. The zero-order valence-electron chi connectivity index (χ0n) is 34.6. The van der Waals surface area contributed by atoms with Crippen LogP contribution in [-0.2, 0) is 20.8 Å². The van der Waals surface area contributed by atoms with Crippen molar-refractivity contribution in [2.45, 2.75) is 112 Å². The maximum Gasteiger partial charge on any atom is 0.328 e. The van der Waals surface area contributed by atoms with E-state index in [0.717, 1.165) is 54.6 Å². The van der Waals surface area contributed by atoms with E-state index in [4.69, 9.17) is 16.5 Å². The van der Waals surface area contributed by atoms with Crippen molar-refractivity contribution in [2.75, 3.05) is 18.5 Å². The lowest BCUT2D eigenvalue weighted by Gasteiger charge is -2.57. The molecule has 1 saturated carbocycles. The Morgan fingerprint density at radius 2 is 1.82 bits per heavy atom. The number of carboxylic acid groups (broad SMARTS) is 1. The minimum Gasteiger partial charge on any atom is -0.478 e. The van der Waals surface area contributed by atoms with E-state index in [-0.39, 0.29) is 66.5 Å². The molecule has 0 spiro atoms. The number of guanidine groups is 1. The molecule has 3 aromatic rings. The van der Waals surface area contributed by atoms with Crippen LogP contribution >= 0.6 is 0 Å². The Hall–Kier alpha value is -4.86. The molecule has 4 bridgehead atoms. The molecule has 328 valence electrons. The molecule has 3 aliphatic carbocycles. The second-order valence-electron chi connectivity index (χ2n) is 17.7. The van der Waals surface area contributed by atoms with Gasteiger partial charge >= 0.3 is 5.97 Å². The molecule has 2 heterocycles. The first-order chi connectivity index (χ1) is 29.5. The fraction of sp³-hybridized carbons (Fsp3) is 0.532. The van der Waals surface area contributed by atoms with Gasteiger partial charge in [-0.05, 0) is 138 Å². The van der Waals surface area contributed by atoms with Gasteiger partial charge < -0.3 is 62.2 Å². The second-order valence-corrected chi connectivity index (χ2v) is 17.7. The Balaban J connectivity index is 1.29. The van der Waals surface area contributed by atoms with E-state index in [1.807, 2.05) is 24.4 Å². The number of rotatable bonds is 21. The van der Waals surface area contributed by atoms with Crippen LogP contribution in [0.3, 0.4) is 0 Å². The molecule has 14 heteroatoms. The minimum atomic E-state index is -1.44. The quantitative estimate of drug-likeness (QED) is 0.0419. The molecule has 4 aliphatic rings. The Kier molecular flexibility index (Phi) is 14.4. The maximum atomic E-state index is 12.8. The van der Waals surface area contributed by atoms with Gasteiger partial charge in [0.15, 0.2) is 5.96 Å². The number of hydrogen-bond acceptors (Lipinski definition) is 12. The summed E-state index contributed by atoms with van der Waals surface area (Å²) in [7, 11) is 0. The van der Waals surface area contributed by atoms with Gasteiger partial charge in [0, 0.05) is 37.3 Å². The highest BCUT2D eigenvalue weighted by molar-refractivity contribution is 5.86. The van der Waals surface area contributed by atoms with Crippen molar-refractivity contribution >= 4 is 41.1 Å². The van der Waals surface area contributed by atoms with Crippen LogP contribution in [0.1, 0.15) is 86.3 Å². The van der Waals surface area contributed by atoms with Crippen molar-refractivity contribution in [1.82, 2.24) is 10.3 Å². The normalized spacial score (nSPS) is 28.1. The topological polar surface area (TPSA) is 257 Å². The number of aldehydes is 2. The number of nitrogens with zero attached hydrogens (tertiary/aromatic N) is 1. The summed E-state index contributed by atoms with van der Waals surface area (Å²) in [6.07, 6.45) is 13.1. The van der Waals surface area contributed by atoms with Crippen LogP contribution in [-0.4, -0.2) is 105 Å². The van der Waals surface area contributed by atoms with Crippen LogP contribution in [0.5, 0.6) is 0 Å². The summed E-state index contributed by atoms with van der Waals surface area (Å²) in [5.74, 6) is -0.0643. The fourth-order valence-electron chi connectivity index (χ4n) is 11.2. The number of aliphatic hydroxyl groups excluding tert-OH is 4. The first kappa shape index (κ1) is 44.2. The summed E-state index contributed by atoms with van der Waals surface area (Å²) in [5.41, 5.74) is 17.2. The van der Waals surface area contributed by atoms with E-state index in [0.29, 0.717) is 43.5 Å². The number of aliphatic imine (C=N–C) groups is 1. The predicted octanol–water partition coefficient (Wildman–Crippen LogP) is 3.64. The number of allylic oxidation sites excluding steroid dienone is 2. The van der Waals surface area contributed by atoms with Crippen LogP contribution in [0.4, 0.5) is 5.82 Å². The van der Waals surface area contributed by atoms with E-state index in [1.54, 1.807) is 0 Å². The molecular weight excluding hydrogens is 777 g/mol. The number of aliphatic hydroxyl groups is 4. The average Bonchev–Trinajstić information content (AvgIpc) is 3.78. The van der Waals surface area contributed by atoms with Gasteiger partial charge in [-0.25, -0.2) is 9.79 Å². The fourth-order valence-corrected chi connectivity index (χ4v) is 11.2. The number of nitrogens with two attached hydrogens (primary N) is 2. The largest absolute Gasteiger partial charge is 0.478 e. The summed E-state index contributed by atoms with van der Waals surface area (Å²) >= 11 is 0. The number of carbonyl (C=O) groups is 3. The SMILES string of the molecule is NC1=NC(C(=CC(=O)O)C(Nc2ccc[nH]2)C2CCC3c4cc5ccc(CC=O)cc5cc4C4C(CCC(N)CCC(C=O)CCCO)C=CC3C24)CC(C(O)C(O)CO)N1. The number of aliphatic carboxylic acids is 1. The van der Waals surface area contributed by atoms with Gasteiger partial charge in [-0.3, -0.25) is 0 Å². The van der Waals surface area contributed by atoms with Crippen LogP contribution in [0.2, 0.25) is 0 Å². The molecular formula is C47H62N6O8. The summed E-state index contributed by atoms with van der Waals surface area (Å²) in [5, 5.41) is 59.7. The van der Waals surface area contributed by atoms with Crippen molar-refractivity contribution in [2.24, 2.45) is 46.0 Å². The molecule has 0 saturated heterocycles. The monoisotopic (exact) mass is 838 g/mol. The van der Waals surface area contributed by atoms with Crippen molar-refractivity contribution in [3.05, 3.63) is 89.2 Å². The van der Waals surface area contributed by atoms with E-state index in [1.165, 1.54) is 17.2 Å². The molecule has 13 atom stereocenters. The maximum absolute atomic E-state index is 12.8. The molecule has 2 aromatic carbocycles. The summed E-state index contributed by atoms with van der Waals surface area (Å²) < 4.78 is 0. The number of hydrogen-bond donors (Lipinski definition) is 10. The van der Waals surface area contributed by atoms with Gasteiger partial charge in [0.25, 0.3) is 0 Å². The lowest BCUT2D eigenvalue weighted by molar-refractivity contribution is -0.131. The second kappa shape index (κ2) is 19.9. The van der Waals surface area contributed by atoms with Crippen molar-refractivity contribution in [1.29, 1.82) is 0 Å². The van der Waals surface area contributed by atoms with Gasteiger partial charge in [0.05, 0.1) is 24.7 Å². The third kappa shape index (κ3) is 9.79. The molecule has 12 N–H and O–H groups in total. The molecule has 13 unspecified atom stereocenters. The number of anilines is 1. The molecule has 1 fully saturated rings. The Morgan fingerprint density at radius 1 is 1.00 bits per heavy atom. The molecule has 0 radical (unpaired) electrons. The Labute approximate surface area is 356 Å². The van der Waals surface area contributed by atoms with E-state index < -0.39 is 42.9 Å². The summed E-state index contributed by atoms with van der Waals surface area (Å²) in [6.45, 7) is -0.611. The molecule has 61 heavy (non-hydrogen) atoms. The smallest absolute Gasteiger partial charge is 0.328 e. The zero-order valence-corrected chi connectivity index (χ0v) is 34.6. The number of carbonyl (C=O) groups excluding carboxylic acids is 2. The molecule has 0 amide bonds. The minimum absolute atomic E-state index is 0.000506. The molecule has 1 aliphatic heterocycles. The van der Waals surface area contributed by atoms with E-state index in [2.05, 4.69) is 52.0 Å². The highest BCUT2D eigenvalue weighted by Gasteiger charge is 2.54. The van der Waals surface area contributed by atoms with Crippen LogP contribution in [0, 0.1) is 29.6 Å². The van der Waals surface area contributed by atoms with Gasteiger partial charge in [-0.1, -0.05) is 42.5 Å². The number of fused-ring (bicyclic) bond motifs is 4. The van der Waals surface area contributed by atoms with Crippen molar-refractivity contribution in [3.63, 3.8) is 0 Å². The van der Waals surface area contributed by atoms with E-state index >= 15 is 0 Å². The first-order valence-electron chi connectivity index (χ1n) is 21.9. The first-order valence-corrected chi connectivity index (χ1v) is 21.9. The van der Waals surface area contributed by atoms with Crippen molar-refractivity contribution < 1.29 is 39.9 Å². The number of benzene rings is 2. The van der Waals surface area contributed by atoms with Crippen LogP contribution in [0.15, 0.2) is 77.5 Å². The van der Waals surface area contributed by atoms with Gasteiger partial charge in [-0.15, -0.1) is 0 Å². The molecule has 7 rings (SSSR count). The number of aromatic amines is 1.